The molecule has 1 amide bonds. The second kappa shape index (κ2) is 6.10. The lowest BCUT2D eigenvalue weighted by Gasteiger charge is -2.23. The molecule has 1 aliphatic heterocycles. The Morgan fingerprint density at radius 2 is 1.43 bits per heavy atom. The van der Waals surface area contributed by atoms with Crippen molar-refractivity contribution >= 4 is 5.91 Å². The average Bonchev–Trinajstić information content (AvgIpc) is 2.56. The first-order valence-corrected chi connectivity index (χ1v) is 7.45. The number of hydrogen-bond acceptors (Lipinski definition) is 2. The molecule has 0 aliphatic carbocycles. The highest BCUT2D eigenvalue weighted by atomic mass is 16.1. The Balaban J connectivity index is 1.78. The highest BCUT2D eigenvalue weighted by Crippen LogP contribution is 2.27. The van der Waals surface area contributed by atoms with Gasteiger partial charge in [0.1, 0.15) is 0 Å². The number of carbonyl (C=O) groups is 1. The van der Waals surface area contributed by atoms with Crippen LogP contribution in [-0.4, -0.2) is 19.0 Å². The zero-order valence-electron chi connectivity index (χ0n) is 12.0. The van der Waals surface area contributed by atoms with E-state index in [0.29, 0.717) is 11.5 Å². The van der Waals surface area contributed by atoms with Gasteiger partial charge in [0, 0.05) is 5.56 Å². The molecule has 1 saturated heterocycles. The van der Waals surface area contributed by atoms with Crippen molar-refractivity contribution in [3.8, 4) is 11.1 Å². The molecule has 2 aromatic rings. The van der Waals surface area contributed by atoms with Gasteiger partial charge in [-0.25, -0.2) is 0 Å². The molecule has 1 fully saturated rings. The number of piperidine rings is 1. The predicted octanol–water partition coefficient (Wildman–Crippen LogP) is 2.92. The molecule has 0 aromatic heterocycles. The summed E-state index contributed by atoms with van der Waals surface area (Å²) in [6, 6.07) is 16.2. The van der Waals surface area contributed by atoms with Crippen LogP contribution < -0.4 is 11.1 Å². The Bertz CT molecular complexity index is 611. The van der Waals surface area contributed by atoms with Crippen LogP contribution in [0, 0.1) is 0 Å². The number of hydrogen-bond donors (Lipinski definition) is 2. The molecular weight excluding hydrogens is 260 g/mol. The van der Waals surface area contributed by atoms with Crippen LogP contribution in [-0.2, 0) is 0 Å². The fourth-order valence-electron chi connectivity index (χ4n) is 2.93. The van der Waals surface area contributed by atoms with Gasteiger partial charge in [-0.3, -0.25) is 4.79 Å². The third kappa shape index (κ3) is 3.14. The van der Waals surface area contributed by atoms with Gasteiger partial charge >= 0.3 is 0 Å². The Morgan fingerprint density at radius 1 is 0.905 bits per heavy atom. The van der Waals surface area contributed by atoms with Crippen LogP contribution in [0.3, 0.4) is 0 Å². The maximum Gasteiger partial charge on any atom is 0.248 e. The van der Waals surface area contributed by atoms with E-state index < -0.39 is 0 Å². The van der Waals surface area contributed by atoms with E-state index in [1.54, 1.807) is 12.1 Å². The highest BCUT2D eigenvalue weighted by molar-refractivity contribution is 5.93. The first-order valence-electron chi connectivity index (χ1n) is 7.45. The lowest BCUT2D eigenvalue weighted by molar-refractivity contribution is 0.100. The number of nitrogens with one attached hydrogen (secondary N) is 1. The molecule has 21 heavy (non-hydrogen) atoms. The minimum atomic E-state index is -0.386. The van der Waals surface area contributed by atoms with Crippen molar-refractivity contribution in [3.63, 3.8) is 0 Å². The van der Waals surface area contributed by atoms with E-state index in [1.165, 1.54) is 24.0 Å². The van der Waals surface area contributed by atoms with Gasteiger partial charge in [-0.15, -0.1) is 0 Å². The minimum absolute atomic E-state index is 0.386. The summed E-state index contributed by atoms with van der Waals surface area (Å²) in [6.45, 7) is 2.22. The lowest BCUT2D eigenvalue weighted by atomic mass is 9.89. The van der Waals surface area contributed by atoms with Crippen LogP contribution >= 0.6 is 0 Å². The SMILES string of the molecule is NC(=O)c1ccc(-c2ccc(C3CCNCC3)cc2)cc1. The van der Waals surface area contributed by atoms with E-state index in [9.17, 15) is 4.79 Å². The van der Waals surface area contributed by atoms with E-state index in [4.69, 9.17) is 5.73 Å². The number of carbonyl (C=O) groups excluding carboxylic acids is 1. The predicted molar refractivity (Wildman–Crippen MR) is 85.2 cm³/mol. The lowest BCUT2D eigenvalue weighted by Crippen LogP contribution is -2.26. The van der Waals surface area contributed by atoms with E-state index >= 15 is 0 Å². The van der Waals surface area contributed by atoms with Gasteiger partial charge in [-0.1, -0.05) is 36.4 Å². The smallest absolute Gasteiger partial charge is 0.248 e. The van der Waals surface area contributed by atoms with Crippen LogP contribution in [0.1, 0.15) is 34.7 Å². The normalized spacial score (nSPS) is 15.8. The molecule has 0 saturated carbocycles. The van der Waals surface area contributed by atoms with Crippen molar-refractivity contribution in [2.75, 3.05) is 13.1 Å². The Labute approximate surface area is 125 Å². The maximum atomic E-state index is 11.1. The quantitative estimate of drug-likeness (QED) is 0.908. The molecule has 0 unspecified atom stereocenters. The Hall–Kier alpha value is -2.13. The molecule has 0 bridgehead atoms. The van der Waals surface area contributed by atoms with Crippen LogP contribution in [0.15, 0.2) is 48.5 Å². The molecule has 3 N–H and O–H groups in total. The number of nitrogens with two attached hydrogens (primary N) is 1. The second-order valence-electron chi connectivity index (χ2n) is 5.59. The van der Waals surface area contributed by atoms with Crippen molar-refractivity contribution < 1.29 is 4.79 Å². The van der Waals surface area contributed by atoms with Crippen LogP contribution in [0.5, 0.6) is 0 Å². The van der Waals surface area contributed by atoms with E-state index in [2.05, 4.69) is 29.6 Å². The van der Waals surface area contributed by atoms with Crippen molar-refractivity contribution in [1.82, 2.24) is 5.32 Å². The minimum Gasteiger partial charge on any atom is -0.366 e. The van der Waals surface area contributed by atoms with Gasteiger partial charge in [0.05, 0.1) is 0 Å². The highest BCUT2D eigenvalue weighted by Gasteiger charge is 2.14. The fraction of sp³-hybridized carbons (Fsp3) is 0.278. The van der Waals surface area contributed by atoms with Gasteiger partial charge < -0.3 is 11.1 Å². The zero-order chi connectivity index (χ0) is 14.7. The van der Waals surface area contributed by atoms with Crippen molar-refractivity contribution in [3.05, 3.63) is 59.7 Å². The summed E-state index contributed by atoms with van der Waals surface area (Å²) >= 11 is 0. The summed E-state index contributed by atoms with van der Waals surface area (Å²) in [5, 5.41) is 3.40. The van der Waals surface area contributed by atoms with Crippen LogP contribution in [0.2, 0.25) is 0 Å². The molecule has 1 heterocycles. The second-order valence-corrected chi connectivity index (χ2v) is 5.59. The third-order valence-corrected chi connectivity index (χ3v) is 4.22. The number of benzene rings is 2. The summed E-state index contributed by atoms with van der Waals surface area (Å²) in [7, 11) is 0. The summed E-state index contributed by atoms with van der Waals surface area (Å²) in [5.74, 6) is 0.292. The molecule has 1 aliphatic rings. The first kappa shape index (κ1) is 13.8. The van der Waals surface area contributed by atoms with E-state index in [0.717, 1.165) is 18.7 Å². The first-order chi connectivity index (χ1) is 10.2. The largest absolute Gasteiger partial charge is 0.366 e. The third-order valence-electron chi connectivity index (χ3n) is 4.22. The van der Waals surface area contributed by atoms with Crippen LogP contribution in [0.4, 0.5) is 0 Å². The average molecular weight is 280 g/mol. The van der Waals surface area contributed by atoms with Crippen LogP contribution in [0.25, 0.3) is 11.1 Å². The molecule has 3 rings (SSSR count). The zero-order valence-corrected chi connectivity index (χ0v) is 12.0. The molecule has 3 nitrogen and oxygen atoms in total. The monoisotopic (exact) mass is 280 g/mol. The van der Waals surface area contributed by atoms with Gasteiger partial charge in [-0.05, 0) is 60.7 Å². The van der Waals surface area contributed by atoms with Crippen molar-refractivity contribution in [2.24, 2.45) is 5.73 Å². The Morgan fingerprint density at radius 3 is 1.95 bits per heavy atom. The molecule has 0 radical (unpaired) electrons. The van der Waals surface area contributed by atoms with E-state index in [1.807, 2.05) is 12.1 Å². The van der Waals surface area contributed by atoms with Gasteiger partial charge in [0.2, 0.25) is 5.91 Å². The summed E-state index contributed by atoms with van der Waals surface area (Å²) in [6.07, 6.45) is 2.43. The molecule has 3 heteroatoms. The van der Waals surface area contributed by atoms with Gasteiger partial charge in [0.15, 0.2) is 0 Å². The number of amides is 1. The fourth-order valence-corrected chi connectivity index (χ4v) is 2.93. The van der Waals surface area contributed by atoms with E-state index in [-0.39, 0.29) is 5.91 Å². The molecule has 108 valence electrons. The summed E-state index contributed by atoms with van der Waals surface area (Å²) in [5.41, 5.74) is 9.51. The van der Waals surface area contributed by atoms with Crippen molar-refractivity contribution in [2.45, 2.75) is 18.8 Å². The molecule has 2 aromatic carbocycles. The summed E-state index contributed by atoms with van der Waals surface area (Å²) in [4.78, 5) is 11.1. The van der Waals surface area contributed by atoms with Crippen molar-refractivity contribution in [1.29, 1.82) is 0 Å². The topological polar surface area (TPSA) is 55.1 Å². The maximum absolute atomic E-state index is 11.1. The standard InChI is InChI=1S/C18H20N2O/c19-18(21)17-7-5-14(6-8-17)13-1-3-15(4-2-13)16-9-11-20-12-10-16/h1-8,16,20H,9-12H2,(H2,19,21). The van der Waals surface area contributed by atoms with Gasteiger partial charge in [0.25, 0.3) is 0 Å². The summed E-state index contributed by atoms with van der Waals surface area (Å²) < 4.78 is 0. The molecule has 0 atom stereocenters. The van der Waals surface area contributed by atoms with Gasteiger partial charge in [-0.2, -0.15) is 0 Å². The molecular formula is C18H20N2O. The number of primary amides is 1. The Kier molecular flexibility index (Phi) is 4.02. The number of rotatable bonds is 3. The molecule has 0 spiro atoms.